The van der Waals surface area contributed by atoms with Gasteiger partial charge in [0.1, 0.15) is 0 Å². The molecule has 2 rings (SSSR count). The number of amides is 1. The third-order valence-electron chi connectivity index (χ3n) is 4.83. The monoisotopic (exact) mass is 282 g/mol. The summed E-state index contributed by atoms with van der Waals surface area (Å²) in [6.07, 6.45) is 7.54. The lowest BCUT2D eigenvalue weighted by Crippen LogP contribution is -2.55. The lowest BCUT2D eigenvalue weighted by Gasteiger charge is -2.40. The highest BCUT2D eigenvalue weighted by Crippen LogP contribution is 2.32. The smallest absolute Gasteiger partial charge is 0.308 e. The average Bonchev–Trinajstić information content (AvgIpc) is 2.46. The lowest BCUT2D eigenvalue weighted by atomic mass is 9.77. The Kier molecular flexibility index (Phi) is 5.40. The number of fused-ring (bicyclic) bond motifs is 1. The zero-order valence-electron chi connectivity index (χ0n) is 12.2. The minimum Gasteiger partial charge on any atom is -0.481 e. The van der Waals surface area contributed by atoms with Crippen molar-refractivity contribution in [1.29, 1.82) is 0 Å². The molecule has 0 bridgehead atoms. The van der Waals surface area contributed by atoms with Gasteiger partial charge >= 0.3 is 5.97 Å². The van der Waals surface area contributed by atoms with Crippen molar-refractivity contribution in [1.82, 2.24) is 10.6 Å². The fourth-order valence-electron chi connectivity index (χ4n) is 3.46. The van der Waals surface area contributed by atoms with Crippen LogP contribution in [0.25, 0.3) is 0 Å². The second-order valence-corrected chi connectivity index (χ2v) is 6.14. The minimum absolute atomic E-state index is 0.0336. The number of nitrogens with one attached hydrogen (secondary N) is 2. The van der Waals surface area contributed by atoms with Gasteiger partial charge in [0.25, 0.3) is 0 Å². The van der Waals surface area contributed by atoms with Crippen LogP contribution >= 0.6 is 0 Å². The van der Waals surface area contributed by atoms with Gasteiger partial charge in [0.15, 0.2) is 0 Å². The molecule has 5 heteroatoms. The molecule has 1 saturated carbocycles. The first-order valence-electron chi connectivity index (χ1n) is 7.88. The first kappa shape index (κ1) is 15.3. The average molecular weight is 282 g/mol. The van der Waals surface area contributed by atoms with Crippen LogP contribution < -0.4 is 10.6 Å². The quantitative estimate of drug-likeness (QED) is 0.714. The van der Waals surface area contributed by atoms with Crippen molar-refractivity contribution >= 4 is 11.9 Å². The van der Waals surface area contributed by atoms with Gasteiger partial charge in [0, 0.05) is 12.6 Å². The molecule has 1 heterocycles. The van der Waals surface area contributed by atoms with Crippen LogP contribution in [0.2, 0.25) is 0 Å². The molecular formula is C15H26N2O3. The number of hydrogen-bond acceptors (Lipinski definition) is 3. The van der Waals surface area contributed by atoms with E-state index in [0.717, 1.165) is 18.8 Å². The zero-order valence-corrected chi connectivity index (χ0v) is 12.2. The van der Waals surface area contributed by atoms with Crippen LogP contribution in [0.3, 0.4) is 0 Å². The van der Waals surface area contributed by atoms with Crippen molar-refractivity contribution in [3.05, 3.63) is 0 Å². The molecule has 0 aromatic carbocycles. The van der Waals surface area contributed by atoms with Gasteiger partial charge in [-0.05, 0) is 38.0 Å². The van der Waals surface area contributed by atoms with Gasteiger partial charge in [-0.15, -0.1) is 0 Å². The summed E-state index contributed by atoms with van der Waals surface area (Å²) in [5.41, 5.74) is 0. The van der Waals surface area contributed by atoms with E-state index in [1.165, 1.54) is 25.7 Å². The molecule has 1 aliphatic heterocycles. The van der Waals surface area contributed by atoms with Crippen molar-refractivity contribution in [3.8, 4) is 0 Å². The van der Waals surface area contributed by atoms with E-state index in [1.807, 2.05) is 6.92 Å². The van der Waals surface area contributed by atoms with E-state index < -0.39 is 11.9 Å². The highest BCUT2D eigenvalue weighted by molar-refractivity contribution is 5.82. The van der Waals surface area contributed by atoms with Crippen LogP contribution in [0.4, 0.5) is 0 Å². The van der Waals surface area contributed by atoms with Gasteiger partial charge in [-0.3, -0.25) is 9.59 Å². The normalized spacial score (nSPS) is 31.1. The highest BCUT2D eigenvalue weighted by Gasteiger charge is 2.34. The van der Waals surface area contributed by atoms with E-state index >= 15 is 0 Å². The van der Waals surface area contributed by atoms with Crippen molar-refractivity contribution in [2.24, 2.45) is 11.8 Å². The molecule has 4 unspecified atom stereocenters. The molecule has 1 saturated heterocycles. The predicted octanol–water partition coefficient (Wildman–Crippen LogP) is 1.52. The largest absolute Gasteiger partial charge is 0.481 e. The van der Waals surface area contributed by atoms with E-state index in [-0.39, 0.29) is 18.5 Å². The number of carboxylic acids is 1. The van der Waals surface area contributed by atoms with Gasteiger partial charge in [0.05, 0.1) is 12.0 Å². The molecule has 2 fully saturated rings. The van der Waals surface area contributed by atoms with Crippen molar-refractivity contribution in [2.45, 2.75) is 64.0 Å². The molecule has 0 spiro atoms. The SMILES string of the molecule is CCC(CNC(=O)C1CCC2CCCCC2N1)C(=O)O. The molecule has 5 nitrogen and oxygen atoms in total. The summed E-state index contributed by atoms with van der Waals surface area (Å²) < 4.78 is 0. The second kappa shape index (κ2) is 7.07. The Labute approximate surface area is 120 Å². The summed E-state index contributed by atoms with van der Waals surface area (Å²) in [6, 6.07) is 0.343. The standard InChI is InChI=1S/C15H26N2O3/c1-2-10(15(19)20)9-16-14(18)13-8-7-11-5-3-4-6-12(11)17-13/h10-13,17H,2-9H2,1H3,(H,16,18)(H,19,20). The Morgan fingerprint density at radius 3 is 2.70 bits per heavy atom. The number of carbonyl (C=O) groups excluding carboxylic acids is 1. The molecule has 2 aliphatic rings. The summed E-state index contributed by atoms with van der Waals surface area (Å²) in [6.45, 7) is 2.06. The molecule has 0 aromatic heterocycles. The summed E-state index contributed by atoms with van der Waals surface area (Å²) in [7, 11) is 0. The third-order valence-corrected chi connectivity index (χ3v) is 4.83. The molecule has 0 aromatic rings. The number of aliphatic carboxylic acids is 1. The van der Waals surface area contributed by atoms with Crippen LogP contribution in [0.5, 0.6) is 0 Å². The topological polar surface area (TPSA) is 78.4 Å². The molecule has 114 valence electrons. The highest BCUT2D eigenvalue weighted by atomic mass is 16.4. The molecule has 1 aliphatic carbocycles. The number of carbonyl (C=O) groups is 2. The maximum absolute atomic E-state index is 12.1. The Balaban J connectivity index is 1.79. The molecule has 1 amide bonds. The molecule has 4 atom stereocenters. The van der Waals surface area contributed by atoms with Crippen LogP contribution in [0, 0.1) is 11.8 Å². The first-order chi connectivity index (χ1) is 9.61. The van der Waals surface area contributed by atoms with Gasteiger partial charge < -0.3 is 15.7 Å². The molecular weight excluding hydrogens is 256 g/mol. The maximum Gasteiger partial charge on any atom is 0.308 e. The Morgan fingerprint density at radius 2 is 2.00 bits per heavy atom. The fraction of sp³-hybridized carbons (Fsp3) is 0.867. The van der Waals surface area contributed by atoms with Crippen molar-refractivity contribution in [2.75, 3.05) is 6.54 Å². The van der Waals surface area contributed by atoms with Crippen molar-refractivity contribution in [3.63, 3.8) is 0 Å². The summed E-state index contributed by atoms with van der Waals surface area (Å²) >= 11 is 0. The van der Waals surface area contributed by atoms with Crippen molar-refractivity contribution < 1.29 is 14.7 Å². The van der Waals surface area contributed by atoms with Crippen LogP contribution in [-0.4, -0.2) is 35.6 Å². The van der Waals surface area contributed by atoms with Gasteiger partial charge in [0.2, 0.25) is 5.91 Å². The van der Waals surface area contributed by atoms with E-state index in [0.29, 0.717) is 12.5 Å². The summed E-state index contributed by atoms with van der Waals surface area (Å²) in [5, 5.41) is 15.2. The maximum atomic E-state index is 12.1. The predicted molar refractivity (Wildman–Crippen MR) is 76.3 cm³/mol. The van der Waals surface area contributed by atoms with E-state index in [1.54, 1.807) is 0 Å². The summed E-state index contributed by atoms with van der Waals surface area (Å²) in [4.78, 5) is 23.1. The van der Waals surface area contributed by atoms with Gasteiger partial charge in [-0.1, -0.05) is 19.8 Å². The lowest BCUT2D eigenvalue weighted by molar-refractivity contribution is -0.141. The Morgan fingerprint density at radius 1 is 1.25 bits per heavy atom. The van der Waals surface area contributed by atoms with E-state index in [9.17, 15) is 9.59 Å². The minimum atomic E-state index is -0.836. The number of rotatable bonds is 5. The number of hydrogen-bond donors (Lipinski definition) is 3. The Bertz CT molecular complexity index is 359. The van der Waals surface area contributed by atoms with Crippen LogP contribution in [0.1, 0.15) is 51.9 Å². The number of piperidine rings is 1. The van der Waals surface area contributed by atoms with Gasteiger partial charge in [-0.25, -0.2) is 0 Å². The zero-order chi connectivity index (χ0) is 14.5. The Hall–Kier alpha value is -1.10. The fourth-order valence-corrected chi connectivity index (χ4v) is 3.46. The van der Waals surface area contributed by atoms with E-state index in [2.05, 4.69) is 10.6 Å². The summed E-state index contributed by atoms with van der Waals surface area (Å²) in [5.74, 6) is -0.620. The van der Waals surface area contributed by atoms with Gasteiger partial charge in [-0.2, -0.15) is 0 Å². The molecule has 0 radical (unpaired) electrons. The molecule has 20 heavy (non-hydrogen) atoms. The first-order valence-corrected chi connectivity index (χ1v) is 7.88. The van der Waals surface area contributed by atoms with Crippen LogP contribution in [-0.2, 0) is 9.59 Å². The van der Waals surface area contributed by atoms with E-state index in [4.69, 9.17) is 5.11 Å². The second-order valence-electron chi connectivity index (χ2n) is 6.14. The third kappa shape index (κ3) is 3.72. The number of carboxylic acid groups (broad SMARTS) is 1. The molecule has 3 N–H and O–H groups in total. The van der Waals surface area contributed by atoms with Crippen LogP contribution in [0.15, 0.2) is 0 Å².